The second-order valence-corrected chi connectivity index (χ2v) is 4.98. The molecule has 0 aliphatic rings. The molecule has 0 bridgehead atoms. The van der Waals surface area contributed by atoms with Crippen LogP contribution in [-0.4, -0.2) is 11.7 Å². The number of benzene rings is 2. The summed E-state index contributed by atoms with van der Waals surface area (Å²) < 4.78 is 0. The van der Waals surface area contributed by atoms with Gasteiger partial charge in [-0.25, -0.2) is 0 Å². The first kappa shape index (κ1) is 13.6. The maximum absolute atomic E-state index is 9.68. The molecule has 0 heterocycles. The molecule has 2 N–H and O–H groups in total. The molecule has 0 fully saturated rings. The number of nitrogens with one attached hydrogen (secondary N) is 1. The first-order chi connectivity index (χ1) is 9.13. The van der Waals surface area contributed by atoms with Crippen LogP contribution in [-0.2, 0) is 0 Å². The Hall–Kier alpha value is -1.80. The SMILES string of the molecule is Cc1ccccc1NC(CO)c1cccc(C)c1C. The molecule has 0 aromatic heterocycles. The van der Waals surface area contributed by atoms with E-state index in [0.717, 1.165) is 11.3 Å². The second kappa shape index (κ2) is 5.89. The molecule has 2 aromatic carbocycles. The van der Waals surface area contributed by atoms with E-state index in [4.69, 9.17) is 0 Å². The van der Waals surface area contributed by atoms with Gasteiger partial charge in [-0.1, -0.05) is 36.4 Å². The Morgan fingerprint density at radius 3 is 2.32 bits per heavy atom. The molecule has 0 aliphatic carbocycles. The van der Waals surface area contributed by atoms with E-state index in [2.05, 4.69) is 44.3 Å². The lowest BCUT2D eigenvalue weighted by atomic mass is 9.97. The van der Waals surface area contributed by atoms with E-state index in [-0.39, 0.29) is 12.6 Å². The molecule has 2 rings (SSSR count). The molecule has 1 unspecified atom stereocenters. The molecule has 0 saturated carbocycles. The minimum Gasteiger partial charge on any atom is -0.394 e. The Morgan fingerprint density at radius 2 is 1.63 bits per heavy atom. The summed E-state index contributed by atoms with van der Waals surface area (Å²) in [4.78, 5) is 0. The van der Waals surface area contributed by atoms with Crippen LogP contribution in [0.15, 0.2) is 42.5 Å². The first-order valence-electron chi connectivity index (χ1n) is 6.62. The second-order valence-electron chi connectivity index (χ2n) is 4.98. The molecule has 2 heteroatoms. The molecular formula is C17H21NO. The molecule has 0 saturated heterocycles. The van der Waals surface area contributed by atoms with Gasteiger partial charge in [-0.3, -0.25) is 0 Å². The summed E-state index contributed by atoms with van der Waals surface area (Å²) in [6.45, 7) is 6.35. The van der Waals surface area contributed by atoms with Crippen molar-refractivity contribution in [2.75, 3.05) is 11.9 Å². The van der Waals surface area contributed by atoms with Gasteiger partial charge in [0.25, 0.3) is 0 Å². The van der Waals surface area contributed by atoms with Crippen LogP contribution in [0.25, 0.3) is 0 Å². The Morgan fingerprint density at radius 1 is 0.947 bits per heavy atom. The molecule has 100 valence electrons. The van der Waals surface area contributed by atoms with E-state index >= 15 is 0 Å². The number of para-hydroxylation sites is 1. The number of anilines is 1. The van der Waals surface area contributed by atoms with E-state index in [1.54, 1.807) is 0 Å². The van der Waals surface area contributed by atoms with Crippen molar-refractivity contribution in [2.24, 2.45) is 0 Å². The van der Waals surface area contributed by atoms with Crippen LogP contribution in [0.5, 0.6) is 0 Å². The lowest BCUT2D eigenvalue weighted by Crippen LogP contribution is -2.17. The van der Waals surface area contributed by atoms with Crippen molar-refractivity contribution in [1.82, 2.24) is 0 Å². The van der Waals surface area contributed by atoms with E-state index in [1.807, 2.05) is 24.3 Å². The fourth-order valence-corrected chi connectivity index (χ4v) is 2.30. The number of aliphatic hydroxyl groups is 1. The highest BCUT2D eigenvalue weighted by molar-refractivity contribution is 5.52. The molecule has 0 aliphatic heterocycles. The van der Waals surface area contributed by atoms with Gasteiger partial charge in [0.2, 0.25) is 0 Å². The third-order valence-corrected chi connectivity index (χ3v) is 3.68. The Bertz CT molecular complexity index is 563. The normalized spacial score (nSPS) is 12.2. The van der Waals surface area contributed by atoms with Crippen LogP contribution in [0.1, 0.15) is 28.3 Å². The van der Waals surface area contributed by atoms with Gasteiger partial charge in [0.1, 0.15) is 0 Å². The van der Waals surface area contributed by atoms with Gasteiger partial charge in [0, 0.05) is 5.69 Å². The van der Waals surface area contributed by atoms with E-state index < -0.39 is 0 Å². The zero-order chi connectivity index (χ0) is 13.8. The van der Waals surface area contributed by atoms with Gasteiger partial charge < -0.3 is 10.4 Å². The topological polar surface area (TPSA) is 32.3 Å². The summed E-state index contributed by atoms with van der Waals surface area (Å²) in [5.74, 6) is 0. The minimum absolute atomic E-state index is 0.0685. The van der Waals surface area contributed by atoms with Crippen molar-refractivity contribution in [3.05, 3.63) is 64.7 Å². The van der Waals surface area contributed by atoms with Crippen LogP contribution >= 0.6 is 0 Å². The third kappa shape index (κ3) is 2.96. The predicted octanol–water partition coefficient (Wildman–Crippen LogP) is 3.76. The van der Waals surface area contributed by atoms with Gasteiger partial charge >= 0.3 is 0 Å². The Kier molecular flexibility index (Phi) is 4.23. The maximum Gasteiger partial charge on any atom is 0.0747 e. The van der Waals surface area contributed by atoms with Crippen molar-refractivity contribution < 1.29 is 5.11 Å². The molecular weight excluding hydrogens is 234 g/mol. The van der Waals surface area contributed by atoms with Crippen molar-refractivity contribution in [3.8, 4) is 0 Å². The van der Waals surface area contributed by atoms with E-state index in [1.165, 1.54) is 16.7 Å². The van der Waals surface area contributed by atoms with E-state index in [0.29, 0.717) is 0 Å². The van der Waals surface area contributed by atoms with Gasteiger partial charge in [-0.05, 0) is 49.1 Å². The van der Waals surface area contributed by atoms with E-state index in [9.17, 15) is 5.11 Å². The van der Waals surface area contributed by atoms with Crippen molar-refractivity contribution >= 4 is 5.69 Å². The van der Waals surface area contributed by atoms with Gasteiger partial charge in [-0.15, -0.1) is 0 Å². The minimum atomic E-state index is -0.0685. The standard InChI is InChI=1S/C17H21NO/c1-12-8-6-9-15(14(12)3)17(11-19)18-16-10-5-4-7-13(16)2/h4-10,17-19H,11H2,1-3H3. The molecule has 1 atom stereocenters. The van der Waals surface area contributed by atoms with Crippen LogP contribution in [0.3, 0.4) is 0 Å². The number of aryl methyl sites for hydroxylation is 2. The Labute approximate surface area is 115 Å². The van der Waals surface area contributed by atoms with Gasteiger partial charge in [-0.2, -0.15) is 0 Å². The predicted molar refractivity (Wildman–Crippen MR) is 80.5 cm³/mol. The summed E-state index contributed by atoms with van der Waals surface area (Å²) in [6.07, 6.45) is 0. The summed E-state index contributed by atoms with van der Waals surface area (Å²) in [7, 11) is 0. The summed E-state index contributed by atoms with van der Waals surface area (Å²) in [5, 5.41) is 13.1. The van der Waals surface area contributed by atoms with Crippen molar-refractivity contribution in [1.29, 1.82) is 0 Å². The number of hydrogen-bond donors (Lipinski definition) is 2. The maximum atomic E-state index is 9.68. The summed E-state index contributed by atoms with van der Waals surface area (Å²) in [5.41, 5.74) is 5.91. The highest BCUT2D eigenvalue weighted by Gasteiger charge is 2.14. The van der Waals surface area contributed by atoms with Crippen LogP contribution in [0.2, 0.25) is 0 Å². The average Bonchev–Trinajstić information content (AvgIpc) is 2.41. The highest BCUT2D eigenvalue weighted by Crippen LogP contribution is 2.25. The zero-order valence-corrected chi connectivity index (χ0v) is 11.8. The van der Waals surface area contributed by atoms with Crippen LogP contribution in [0.4, 0.5) is 5.69 Å². The quantitative estimate of drug-likeness (QED) is 0.872. The summed E-state index contributed by atoms with van der Waals surface area (Å²) >= 11 is 0. The van der Waals surface area contributed by atoms with Gasteiger partial charge in [0.15, 0.2) is 0 Å². The molecule has 0 spiro atoms. The fourth-order valence-electron chi connectivity index (χ4n) is 2.30. The third-order valence-electron chi connectivity index (χ3n) is 3.68. The number of rotatable bonds is 4. The molecule has 0 amide bonds. The smallest absolute Gasteiger partial charge is 0.0747 e. The fraction of sp³-hybridized carbons (Fsp3) is 0.294. The van der Waals surface area contributed by atoms with Crippen molar-refractivity contribution in [2.45, 2.75) is 26.8 Å². The van der Waals surface area contributed by atoms with Crippen LogP contribution in [0, 0.1) is 20.8 Å². The average molecular weight is 255 g/mol. The van der Waals surface area contributed by atoms with Crippen molar-refractivity contribution in [3.63, 3.8) is 0 Å². The lowest BCUT2D eigenvalue weighted by Gasteiger charge is -2.22. The number of aliphatic hydroxyl groups excluding tert-OH is 1. The van der Waals surface area contributed by atoms with Gasteiger partial charge in [0.05, 0.1) is 12.6 Å². The lowest BCUT2D eigenvalue weighted by molar-refractivity contribution is 0.276. The Balaban J connectivity index is 2.31. The van der Waals surface area contributed by atoms with Crippen LogP contribution < -0.4 is 5.32 Å². The molecule has 2 nitrogen and oxygen atoms in total. The highest BCUT2D eigenvalue weighted by atomic mass is 16.3. The largest absolute Gasteiger partial charge is 0.394 e. The molecule has 0 radical (unpaired) electrons. The number of hydrogen-bond acceptors (Lipinski definition) is 2. The monoisotopic (exact) mass is 255 g/mol. The first-order valence-corrected chi connectivity index (χ1v) is 6.62. The zero-order valence-electron chi connectivity index (χ0n) is 11.8. The molecule has 19 heavy (non-hydrogen) atoms. The summed E-state index contributed by atoms with van der Waals surface area (Å²) in [6, 6.07) is 14.3. The molecule has 2 aromatic rings.